The molecule has 0 aromatic heterocycles. The smallest absolute Gasteiger partial charge is 0.0641 e. The number of nitriles is 1. The third-order valence-electron chi connectivity index (χ3n) is 1.79. The summed E-state index contributed by atoms with van der Waals surface area (Å²) in [4.78, 5) is 4.16. The molecule has 12 heavy (non-hydrogen) atoms. The summed E-state index contributed by atoms with van der Waals surface area (Å²) in [6.07, 6.45) is 5.90. The maximum Gasteiger partial charge on any atom is 0.0641 e. The molecule has 0 N–H and O–H groups in total. The number of rotatable bonds is 3. The van der Waals surface area contributed by atoms with Crippen LogP contribution in [0.2, 0.25) is 0 Å². The molecule has 0 amide bonds. The average molecular weight is 227 g/mol. The molecule has 0 spiro atoms. The first-order valence-electron chi connectivity index (χ1n) is 4.09. The van der Waals surface area contributed by atoms with Crippen molar-refractivity contribution in [1.82, 2.24) is 0 Å². The second kappa shape index (κ2) is 5.10. The number of halogens is 1. The first-order valence-corrected chi connectivity index (χ1v) is 4.88. The molecule has 0 radical (unpaired) electrons. The van der Waals surface area contributed by atoms with Crippen LogP contribution in [-0.2, 0) is 0 Å². The van der Waals surface area contributed by atoms with E-state index in [2.05, 4.69) is 27.0 Å². The van der Waals surface area contributed by atoms with Gasteiger partial charge < -0.3 is 0 Å². The van der Waals surface area contributed by atoms with Crippen LogP contribution in [0.1, 0.15) is 25.7 Å². The van der Waals surface area contributed by atoms with E-state index in [1.807, 2.05) is 6.21 Å². The lowest BCUT2D eigenvalue weighted by Crippen LogP contribution is -1.83. The Hall–Kier alpha value is -0.620. The second-order valence-electron chi connectivity index (χ2n) is 2.73. The van der Waals surface area contributed by atoms with Crippen LogP contribution in [0.25, 0.3) is 0 Å². The monoisotopic (exact) mass is 226 g/mol. The first-order chi connectivity index (χ1) is 5.84. The van der Waals surface area contributed by atoms with Gasteiger partial charge in [0, 0.05) is 6.21 Å². The fraction of sp³-hybridized carbons (Fsp3) is 0.556. The van der Waals surface area contributed by atoms with Crippen molar-refractivity contribution in [3.05, 3.63) is 10.1 Å². The van der Waals surface area contributed by atoms with Gasteiger partial charge in [0.1, 0.15) is 0 Å². The van der Waals surface area contributed by atoms with Crippen molar-refractivity contribution in [2.24, 2.45) is 4.99 Å². The normalized spacial score (nSPS) is 17.3. The van der Waals surface area contributed by atoms with Gasteiger partial charge in [-0.15, -0.1) is 0 Å². The quantitative estimate of drug-likeness (QED) is 0.539. The molecule has 0 atom stereocenters. The second-order valence-corrected chi connectivity index (χ2v) is 3.68. The average Bonchev–Trinajstić information content (AvgIpc) is 2.46. The fourth-order valence-corrected chi connectivity index (χ4v) is 1.74. The highest BCUT2D eigenvalue weighted by molar-refractivity contribution is 9.11. The Morgan fingerprint density at radius 2 is 2.42 bits per heavy atom. The van der Waals surface area contributed by atoms with Crippen molar-refractivity contribution < 1.29 is 0 Å². The zero-order valence-corrected chi connectivity index (χ0v) is 8.47. The van der Waals surface area contributed by atoms with Gasteiger partial charge in [0.25, 0.3) is 0 Å². The van der Waals surface area contributed by atoms with E-state index < -0.39 is 0 Å². The molecule has 0 saturated carbocycles. The Balaban J connectivity index is 2.36. The summed E-state index contributed by atoms with van der Waals surface area (Å²) in [6, 6.07) is 2.06. The topological polar surface area (TPSA) is 36.1 Å². The van der Waals surface area contributed by atoms with E-state index >= 15 is 0 Å². The molecule has 1 rings (SSSR count). The van der Waals surface area contributed by atoms with Crippen molar-refractivity contribution >= 4 is 22.1 Å². The number of allylic oxidation sites excluding steroid dienone is 2. The Kier molecular flexibility index (Phi) is 4.02. The van der Waals surface area contributed by atoms with Crippen molar-refractivity contribution in [1.29, 1.82) is 5.26 Å². The van der Waals surface area contributed by atoms with E-state index in [-0.39, 0.29) is 0 Å². The Morgan fingerprint density at radius 1 is 1.58 bits per heavy atom. The van der Waals surface area contributed by atoms with E-state index in [0.717, 1.165) is 12.8 Å². The third kappa shape index (κ3) is 2.78. The SMILES string of the molecule is N#CCCN=CC1=C(Br)CCC1. The van der Waals surface area contributed by atoms with Crippen LogP contribution in [-0.4, -0.2) is 12.8 Å². The minimum atomic E-state index is 0.515. The minimum absolute atomic E-state index is 0.515. The van der Waals surface area contributed by atoms with Gasteiger partial charge in [0.2, 0.25) is 0 Å². The molecule has 64 valence electrons. The highest BCUT2D eigenvalue weighted by Crippen LogP contribution is 2.28. The van der Waals surface area contributed by atoms with Crippen LogP contribution in [0.15, 0.2) is 15.0 Å². The molecule has 0 unspecified atom stereocenters. The molecule has 0 aliphatic heterocycles. The summed E-state index contributed by atoms with van der Waals surface area (Å²) in [5.74, 6) is 0. The lowest BCUT2D eigenvalue weighted by atomic mass is 10.2. The molecule has 0 heterocycles. The van der Waals surface area contributed by atoms with Crippen LogP contribution in [0.3, 0.4) is 0 Å². The predicted octanol–water partition coefficient (Wildman–Crippen LogP) is 2.80. The highest BCUT2D eigenvalue weighted by Gasteiger charge is 2.08. The summed E-state index contributed by atoms with van der Waals surface area (Å²) in [5.41, 5.74) is 1.30. The van der Waals surface area contributed by atoms with Gasteiger partial charge in [0.05, 0.1) is 19.0 Å². The molecule has 1 aliphatic rings. The number of nitrogens with zero attached hydrogens (tertiary/aromatic N) is 2. The maximum atomic E-state index is 8.27. The molecule has 1 aliphatic carbocycles. The Morgan fingerprint density at radius 3 is 3.00 bits per heavy atom. The highest BCUT2D eigenvalue weighted by atomic mass is 79.9. The minimum Gasteiger partial charge on any atom is -0.292 e. The van der Waals surface area contributed by atoms with Gasteiger partial charge in [-0.25, -0.2) is 0 Å². The largest absolute Gasteiger partial charge is 0.292 e. The number of hydrogen-bond acceptors (Lipinski definition) is 2. The number of hydrogen-bond donors (Lipinski definition) is 0. The van der Waals surface area contributed by atoms with Gasteiger partial charge >= 0.3 is 0 Å². The van der Waals surface area contributed by atoms with E-state index in [0.29, 0.717) is 13.0 Å². The summed E-state index contributed by atoms with van der Waals surface area (Å²) >= 11 is 3.50. The zero-order chi connectivity index (χ0) is 8.81. The van der Waals surface area contributed by atoms with Crippen LogP contribution < -0.4 is 0 Å². The fourth-order valence-electron chi connectivity index (χ4n) is 1.15. The van der Waals surface area contributed by atoms with Crippen LogP contribution >= 0.6 is 15.9 Å². The summed E-state index contributed by atoms with van der Waals surface area (Å²) in [7, 11) is 0. The third-order valence-corrected chi connectivity index (χ3v) is 2.70. The van der Waals surface area contributed by atoms with E-state index in [4.69, 9.17) is 5.26 Å². The first kappa shape index (κ1) is 9.47. The molecular formula is C9H11BrN2. The van der Waals surface area contributed by atoms with Gasteiger partial charge in [-0.2, -0.15) is 5.26 Å². The van der Waals surface area contributed by atoms with E-state index in [9.17, 15) is 0 Å². The van der Waals surface area contributed by atoms with Crippen LogP contribution in [0, 0.1) is 11.3 Å². The van der Waals surface area contributed by atoms with Crippen molar-refractivity contribution in [3.8, 4) is 6.07 Å². The predicted molar refractivity (Wildman–Crippen MR) is 53.4 cm³/mol. The van der Waals surface area contributed by atoms with Gasteiger partial charge in [-0.05, 0) is 29.3 Å². The van der Waals surface area contributed by atoms with Crippen molar-refractivity contribution in [2.45, 2.75) is 25.7 Å². The molecule has 2 nitrogen and oxygen atoms in total. The van der Waals surface area contributed by atoms with Crippen LogP contribution in [0.4, 0.5) is 0 Å². The van der Waals surface area contributed by atoms with Crippen molar-refractivity contribution in [3.63, 3.8) is 0 Å². The Labute approximate surface area is 81.1 Å². The van der Waals surface area contributed by atoms with Crippen LogP contribution in [0.5, 0.6) is 0 Å². The van der Waals surface area contributed by atoms with E-state index in [1.165, 1.54) is 16.5 Å². The molecular weight excluding hydrogens is 216 g/mol. The number of aliphatic imine (C=N–C) groups is 1. The maximum absolute atomic E-state index is 8.27. The van der Waals surface area contributed by atoms with Gasteiger partial charge in [-0.1, -0.05) is 15.9 Å². The summed E-state index contributed by atoms with van der Waals surface area (Å²) < 4.78 is 1.28. The lowest BCUT2D eigenvalue weighted by molar-refractivity contribution is 0.917. The molecule has 0 fully saturated rings. The molecule has 0 saturated heterocycles. The standard InChI is InChI=1S/C9H11BrN2/c10-9-4-1-3-8(9)7-12-6-2-5-11/h7H,1-4,6H2. The van der Waals surface area contributed by atoms with E-state index in [1.54, 1.807) is 0 Å². The lowest BCUT2D eigenvalue weighted by Gasteiger charge is -1.91. The molecule has 0 aromatic carbocycles. The summed E-state index contributed by atoms with van der Waals surface area (Å²) in [6.45, 7) is 0.625. The van der Waals surface area contributed by atoms with Gasteiger partial charge in [-0.3, -0.25) is 4.99 Å². The molecule has 0 aromatic rings. The summed E-state index contributed by atoms with van der Waals surface area (Å²) in [5, 5.41) is 8.27. The Bertz CT molecular complexity index is 248. The van der Waals surface area contributed by atoms with Gasteiger partial charge in [0.15, 0.2) is 0 Å². The van der Waals surface area contributed by atoms with Crippen molar-refractivity contribution in [2.75, 3.05) is 6.54 Å². The molecule has 3 heteroatoms. The molecule has 0 bridgehead atoms. The zero-order valence-electron chi connectivity index (χ0n) is 6.89.